The molecule has 0 bridgehead atoms. The number of piperidine rings is 1. The second kappa shape index (κ2) is 7.40. The Labute approximate surface area is 158 Å². The quantitative estimate of drug-likeness (QED) is 0.817. The number of carbonyl (C=O) groups is 1. The molecule has 2 aromatic rings. The van der Waals surface area contributed by atoms with Gasteiger partial charge in [0.15, 0.2) is 5.65 Å². The summed E-state index contributed by atoms with van der Waals surface area (Å²) in [6, 6.07) is 3.70. The van der Waals surface area contributed by atoms with E-state index in [0.29, 0.717) is 17.2 Å². The van der Waals surface area contributed by atoms with Crippen molar-refractivity contribution in [3.8, 4) is 0 Å². The summed E-state index contributed by atoms with van der Waals surface area (Å²) in [5, 5.41) is 9.13. The molecule has 26 heavy (non-hydrogen) atoms. The van der Waals surface area contributed by atoms with Gasteiger partial charge in [0.2, 0.25) is 11.9 Å². The van der Waals surface area contributed by atoms with Gasteiger partial charge >= 0.3 is 0 Å². The highest BCUT2D eigenvalue weighted by molar-refractivity contribution is 6.33. The Balaban J connectivity index is 1.47. The first kappa shape index (κ1) is 17.5. The number of nitrogens with zero attached hydrogens (tertiary/aromatic N) is 6. The van der Waals surface area contributed by atoms with Crippen molar-refractivity contribution in [2.24, 2.45) is 5.92 Å². The number of piperazine rings is 1. The third-order valence-corrected chi connectivity index (χ3v) is 5.85. The minimum absolute atomic E-state index is 0.0310. The van der Waals surface area contributed by atoms with E-state index in [2.05, 4.69) is 26.9 Å². The first-order valence-corrected chi connectivity index (χ1v) is 9.80. The molecule has 0 N–H and O–H groups in total. The van der Waals surface area contributed by atoms with Gasteiger partial charge in [0.05, 0.1) is 10.9 Å². The number of rotatable bonds is 3. The van der Waals surface area contributed by atoms with Crippen molar-refractivity contribution in [3.05, 3.63) is 23.4 Å². The van der Waals surface area contributed by atoms with E-state index in [0.717, 1.165) is 58.1 Å². The van der Waals surface area contributed by atoms with Crippen LogP contribution in [0.5, 0.6) is 0 Å². The Kier molecular flexibility index (Phi) is 5.00. The smallest absolute Gasteiger partial charge is 0.231 e. The number of fused-ring (bicyclic) bond motifs is 1. The van der Waals surface area contributed by atoms with Crippen molar-refractivity contribution in [1.29, 1.82) is 0 Å². The molecule has 0 aromatic carbocycles. The Bertz CT molecular complexity index is 785. The van der Waals surface area contributed by atoms with Gasteiger partial charge < -0.3 is 14.7 Å². The van der Waals surface area contributed by atoms with Crippen LogP contribution in [0, 0.1) is 5.92 Å². The van der Waals surface area contributed by atoms with E-state index in [-0.39, 0.29) is 11.8 Å². The number of carbonyl (C=O) groups excluding carboxylic acids is 1. The molecule has 140 valence electrons. The van der Waals surface area contributed by atoms with Crippen molar-refractivity contribution in [2.45, 2.75) is 19.8 Å². The van der Waals surface area contributed by atoms with Crippen molar-refractivity contribution < 1.29 is 4.79 Å². The van der Waals surface area contributed by atoms with Gasteiger partial charge in [-0.25, -0.2) is 0 Å². The molecule has 2 aliphatic heterocycles. The number of pyridine rings is 1. The predicted octanol–water partition coefficient (Wildman–Crippen LogP) is 1.76. The highest BCUT2D eigenvalue weighted by atomic mass is 35.5. The third kappa shape index (κ3) is 3.25. The Morgan fingerprint density at radius 2 is 2.04 bits per heavy atom. The molecule has 4 rings (SSSR count). The first-order chi connectivity index (χ1) is 12.7. The fraction of sp³-hybridized carbons (Fsp3) is 0.611. The number of aromatic nitrogens is 3. The van der Waals surface area contributed by atoms with E-state index in [4.69, 9.17) is 11.6 Å². The zero-order valence-electron chi connectivity index (χ0n) is 15.1. The monoisotopic (exact) mass is 376 g/mol. The lowest BCUT2D eigenvalue weighted by Gasteiger charge is -2.38. The number of hydrogen-bond donors (Lipinski definition) is 0. The molecule has 2 saturated heterocycles. The van der Waals surface area contributed by atoms with Crippen molar-refractivity contribution in [3.63, 3.8) is 0 Å². The number of amides is 1. The van der Waals surface area contributed by atoms with E-state index in [1.807, 2.05) is 27.6 Å². The number of halogens is 1. The molecular weight excluding hydrogens is 352 g/mol. The van der Waals surface area contributed by atoms with Crippen LogP contribution in [0.1, 0.15) is 19.8 Å². The minimum atomic E-state index is 0.0310. The summed E-state index contributed by atoms with van der Waals surface area (Å²) in [5.74, 6) is 1.09. The lowest BCUT2D eigenvalue weighted by Crippen LogP contribution is -2.52. The van der Waals surface area contributed by atoms with Crippen molar-refractivity contribution >= 4 is 29.1 Å². The average molecular weight is 377 g/mol. The Morgan fingerprint density at radius 3 is 2.81 bits per heavy atom. The maximum Gasteiger partial charge on any atom is 0.231 e. The van der Waals surface area contributed by atoms with E-state index in [1.165, 1.54) is 0 Å². The molecule has 2 aliphatic rings. The molecule has 0 aliphatic carbocycles. The van der Waals surface area contributed by atoms with E-state index < -0.39 is 0 Å². The van der Waals surface area contributed by atoms with E-state index >= 15 is 0 Å². The topological polar surface area (TPSA) is 57.0 Å². The molecule has 1 amide bonds. The second-order valence-corrected chi connectivity index (χ2v) is 7.50. The molecule has 4 heterocycles. The summed E-state index contributed by atoms with van der Waals surface area (Å²) >= 11 is 6.21. The largest absolute Gasteiger partial charge is 0.340 e. The highest BCUT2D eigenvalue weighted by Gasteiger charge is 2.32. The van der Waals surface area contributed by atoms with Gasteiger partial charge in [0.1, 0.15) is 0 Å². The second-order valence-electron chi connectivity index (χ2n) is 7.09. The molecule has 1 atom stereocenters. The average Bonchev–Trinajstić information content (AvgIpc) is 3.13. The zero-order valence-corrected chi connectivity index (χ0v) is 15.9. The highest BCUT2D eigenvalue weighted by Crippen LogP contribution is 2.26. The molecular formula is C18H25ClN6O. The molecule has 0 spiro atoms. The molecule has 0 saturated carbocycles. The van der Waals surface area contributed by atoms with Crippen LogP contribution in [0.2, 0.25) is 5.02 Å². The van der Waals surface area contributed by atoms with Crippen LogP contribution in [-0.4, -0.2) is 76.1 Å². The number of hydrogen-bond acceptors (Lipinski definition) is 5. The SMILES string of the molecule is CCN1CCN(C(=O)[C@@H]2CCCN(c3nnc4c(Cl)cccn34)C2)CC1. The summed E-state index contributed by atoms with van der Waals surface area (Å²) in [5.41, 5.74) is 0.660. The molecule has 0 radical (unpaired) electrons. The predicted molar refractivity (Wildman–Crippen MR) is 102 cm³/mol. The standard InChI is InChI=1S/C18H25ClN6O/c1-2-22-9-11-23(12-10-22)17(26)14-5-3-7-24(13-14)18-21-20-16-15(19)6-4-8-25(16)18/h4,6,8,14H,2-3,5,7,9-13H2,1H3/t14-/m1/s1. The fourth-order valence-corrected chi connectivity index (χ4v) is 4.19. The van der Waals surface area contributed by atoms with Crippen LogP contribution in [-0.2, 0) is 4.79 Å². The van der Waals surface area contributed by atoms with Crippen LogP contribution in [0.4, 0.5) is 5.95 Å². The summed E-state index contributed by atoms with van der Waals surface area (Å²) in [4.78, 5) is 19.6. The van der Waals surface area contributed by atoms with Crippen LogP contribution >= 0.6 is 11.6 Å². The molecule has 2 fully saturated rings. The van der Waals surface area contributed by atoms with Gasteiger partial charge in [0, 0.05) is 45.5 Å². The maximum atomic E-state index is 13.0. The van der Waals surface area contributed by atoms with Crippen molar-refractivity contribution in [2.75, 3.05) is 50.7 Å². The lowest BCUT2D eigenvalue weighted by atomic mass is 9.96. The first-order valence-electron chi connectivity index (χ1n) is 9.42. The maximum absolute atomic E-state index is 13.0. The van der Waals surface area contributed by atoms with Gasteiger partial charge in [-0.05, 0) is 31.5 Å². The zero-order chi connectivity index (χ0) is 18.1. The van der Waals surface area contributed by atoms with Gasteiger partial charge in [-0.1, -0.05) is 18.5 Å². The van der Waals surface area contributed by atoms with Gasteiger partial charge in [-0.3, -0.25) is 9.20 Å². The summed E-state index contributed by atoms with van der Waals surface area (Å²) in [7, 11) is 0. The lowest BCUT2D eigenvalue weighted by molar-refractivity contribution is -0.137. The van der Waals surface area contributed by atoms with Gasteiger partial charge in [-0.2, -0.15) is 0 Å². The van der Waals surface area contributed by atoms with E-state index in [1.54, 1.807) is 0 Å². The minimum Gasteiger partial charge on any atom is -0.340 e. The molecule has 0 unspecified atom stereocenters. The van der Waals surface area contributed by atoms with Crippen LogP contribution < -0.4 is 4.90 Å². The van der Waals surface area contributed by atoms with Crippen molar-refractivity contribution in [1.82, 2.24) is 24.4 Å². The number of likely N-dealkylation sites (N-methyl/N-ethyl adjacent to an activating group) is 1. The summed E-state index contributed by atoms with van der Waals surface area (Å²) in [6.45, 7) is 8.45. The van der Waals surface area contributed by atoms with Crippen LogP contribution in [0.15, 0.2) is 18.3 Å². The normalized spacial score (nSPS) is 22.2. The van der Waals surface area contributed by atoms with Crippen LogP contribution in [0.3, 0.4) is 0 Å². The third-order valence-electron chi connectivity index (χ3n) is 5.55. The molecule has 8 heteroatoms. The Morgan fingerprint density at radius 1 is 1.23 bits per heavy atom. The van der Waals surface area contributed by atoms with Gasteiger partial charge in [0.25, 0.3) is 0 Å². The fourth-order valence-electron chi connectivity index (χ4n) is 3.99. The van der Waals surface area contributed by atoms with Crippen LogP contribution in [0.25, 0.3) is 5.65 Å². The number of anilines is 1. The summed E-state index contributed by atoms with van der Waals surface area (Å²) in [6.07, 6.45) is 3.85. The Hall–Kier alpha value is -1.86. The summed E-state index contributed by atoms with van der Waals surface area (Å²) < 4.78 is 1.91. The van der Waals surface area contributed by atoms with Gasteiger partial charge in [-0.15, -0.1) is 10.2 Å². The van der Waals surface area contributed by atoms with E-state index in [9.17, 15) is 4.79 Å². The molecule has 7 nitrogen and oxygen atoms in total. The molecule has 2 aromatic heterocycles.